The van der Waals surface area contributed by atoms with Crippen LogP contribution in [0.15, 0.2) is 4.99 Å². The third-order valence-corrected chi connectivity index (χ3v) is 4.84. The molecule has 1 rings (SSSR count). The number of halogens is 1. The zero-order valence-electron chi connectivity index (χ0n) is 18.7. The summed E-state index contributed by atoms with van der Waals surface area (Å²) in [5.74, 6) is 2.01. The van der Waals surface area contributed by atoms with Crippen molar-refractivity contribution in [3.8, 4) is 0 Å². The van der Waals surface area contributed by atoms with Crippen LogP contribution in [0.3, 0.4) is 0 Å². The first-order valence-corrected chi connectivity index (χ1v) is 10.6. The number of hydrogen-bond donors (Lipinski definition) is 3. The van der Waals surface area contributed by atoms with E-state index in [9.17, 15) is 9.90 Å². The van der Waals surface area contributed by atoms with Crippen LogP contribution in [0.5, 0.6) is 0 Å². The van der Waals surface area contributed by atoms with Crippen LogP contribution >= 0.6 is 24.0 Å². The molecule has 172 valence electrons. The van der Waals surface area contributed by atoms with Gasteiger partial charge in [-0.15, -0.1) is 24.0 Å². The molecular formula is C20H42IN5O3. The maximum atomic E-state index is 12.0. The quantitative estimate of drug-likeness (QED) is 0.152. The minimum absolute atomic E-state index is 0. The molecule has 1 aliphatic rings. The Hall–Kier alpha value is -0.650. The van der Waals surface area contributed by atoms with Gasteiger partial charge in [0.15, 0.2) is 5.96 Å². The smallest absolute Gasteiger partial charge is 0.234 e. The molecule has 1 fully saturated rings. The second-order valence-electron chi connectivity index (χ2n) is 7.81. The third-order valence-electron chi connectivity index (χ3n) is 4.84. The van der Waals surface area contributed by atoms with Gasteiger partial charge in [-0.3, -0.25) is 14.7 Å². The van der Waals surface area contributed by atoms with Crippen LogP contribution in [0.25, 0.3) is 0 Å². The van der Waals surface area contributed by atoms with Crippen LogP contribution in [0.2, 0.25) is 0 Å². The van der Waals surface area contributed by atoms with Crippen molar-refractivity contribution in [2.75, 3.05) is 72.7 Å². The first kappa shape index (κ1) is 28.4. The van der Waals surface area contributed by atoms with E-state index in [0.717, 1.165) is 58.1 Å². The fraction of sp³-hybridized carbons (Fsp3) is 0.900. The van der Waals surface area contributed by atoms with Gasteiger partial charge < -0.3 is 25.4 Å². The molecular weight excluding hydrogens is 485 g/mol. The minimum atomic E-state index is 0. The molecule has 1 heterocycles. The SMILES string of the molecule is CCNC(=NCC(CCO)CC(C)C)N1CCN(CC(=O)NCCOC)CC1.I. The Balaban J connectivity index is 0.00000784. The van der Waals surface area contributed by atoms with Gasteiger partial charge in [-0.05, 0) is 31.6 Å². The Morgan fingerprint density at radius 3 is 2.45 bits per heavy atom. The summed E-state index contributed by atoms with van der Waals surface area (Å²) in [4.78, 5) is 21.3. The number of hydrogen-bond acceptors (Lipinski definition) is 5. The highest BCUT2D eigenvalue weighted by atomic mass is 127. The summed E-state index contributed by atoms with van der Waals surface area (Å²) < 4.78 is 4.95. The summed E-state index contributed by atoms with van der Waals surface area (Å²) in [6, 6.07) is 0. The molecule has 1 saturated heterocycles. The first-order chi connectivity index (χ1) is 13.5. The Kier molecular flexibility index (Phi) is 16.7. The Labute approximate surface area is 193 Å². The van der Waals surface area contributed by atoms with Crippen molar-refractivity contribution in [2.45, 2.75) is 33.6 Å². The van der Waals surface area contributed by atoms with Crippen molar-refractivity contribution < 1.29 is 14.6 Å². The summed E-state index contributed by atoms with van der Waals surface area (Å²) in [5, 5.41) is 15.6. The van der Waals surface area contributed by atoms with Crippen LogP contribution in [0.1, 0.15) is 33.6 Å². The molecule has 0 aromatic heterocycles. The Morgan fingerprint density at radius 1 is 1.21 bits per heavy atom. The van der Waals surface area contributed by atoms with Gasteiger partial charge in [0.1, 0.15) is 0 Å². The predicted molar refractivity (Wildman–Crippen MR) is 129 cm³/mol. The van der Waals surface area contributed by atoms with Crippen LogP contribution in [-0.4, -0.2) is 99.5 Å². The van der Waals surface area contributed by atoms with Gasteiger partial charge in [-0.2, -0.15) is 0 Å². The second-order valence-corrected chi connectivity index (χ2v) is 7.81. The molecule has 3 N–H and O–H groups in total. The molecule has 0 aliphatic carbocycles. The molecule has 0 radical (unpaired) electrons. The summed E-state index contributed by atoms with van der Waals surface area (Å²) in [7, 11) is 1.63. The molecule has 0 spiro atoms. The number of nitrogens with one attached hydrogen (secondary N) is 2. The van der Waals surface area contributed by atoms with Gasteiger partial charge in [0.2, 0.25) is 5.91 Å². The zero-order valence-corrected chi connectivity index (χ0v) is 21.0. The van der Waals surface area contributed by atoms with Crippen molar-refractivity contribution >= 4 is 35.8 Å². The second kappa shape index (κ2) is 17.1. The molecule has 29 heavy (non-hydrogen) atoms. The molecule has 1 unspecified atom stereocenters. The lowest BCUT2D eigenvalue weighted by Gasteiger charge is -2.36. The van der Waals surface area contributed by atoms with Gasteiger partial charge in [0.25, 0.3) is 0 Å². The number of piperazine rings is 1. The standard InChI is InChI=1S/C20H41N5O3.HI/c1-5-21-20(23-15-18(6-12-26)14-17(2)3)25-10-8-24(9-11-25)16-19(27)22-7-13-28-4;/h17-18,26H,5-16H2,1-4H3,(H,21,23)(H,22,27);1H. The van der Waals surface area contributed by atoms with E-state index in [1.165, 1.54) is 0 Å². The van der Waals surface area contributed by atoms with E-state index in [-0.39, 0.29) is 36.5 Å². The molecule has 0 bridgehead atoms. The minimum Gasteiger partial charge on any atom is -0.396 e. The van der Waals surface area contributed by atoms with E-state index in [1.807, 2.05) is 0 Å². The Morgan fingerprint density at radius 2 is 1.90 bits per heavy atom. The molecule has 0 saturated carbocycles. The highest BCUT2D eigenvalue weighted by Gasteiger charge is 2.21. The predicted octanol–water partition coefficient (Wildman–Crippen LogP) is 0.995. The van der Waals surface area contributed by atoms with Gasteiger partial charge >= 0.3 is 0 Å². The van der Waals surface area contributed by atoms with E-state index in [2.05, 4.69) is 41.2 Å². The number of ether oxygens (including phenoxy) is 1. The zero-order chi connectivity index (χ0) is 20.8. The van der Waals surface area contributed by atoms with Crippen molar-refractivity contribution in [3.05, 3.63) is 0 Å². The normalized spacial score (nSPS) is 16.5. The van der Waals surface area contributed by atoms with Gasteiger partial charge in [-0.25, -0.2) is 0 Å². The van der Waals surface area contributed by atoms with Gasteiger partial charge in [0.05, 0.1) is 13.2 Å². The first-order valence-electron chi connectivity index (χ1n) is 10.6. The largest absolute Gasteiger partial charge is 0.396 e. The molecule has 9 heteroatoms. The third kappa shape index (κ3) is 12.6. The molecule has 0 aromatic rings. The molecule has 1 amide bonds. The monoisotopic (exact) mass is 527 g/mol. The average molecular weight is 527 g/mol. The fourth-order valence-electron chi connectivity index (χ4n) is 3.44. The number of rotatable bonds is 12. The highest BCUT2D eigenvalue weighted by molar-refractivity contribution is 14.0. The van der Waals surface area contributed by atoms with Crippen molar-refractivity contribution in [1.29, 1.82) is 0 Å². The van der Waals surface area contributed by atoms with Crippen LogP contribution in [0, 0.1) is 11.8 Å². The fourth-order valence-corrected chi connectivity index (χ4v) is 3.44. The van der Waals surface area contributed by atoms with Crippen molar-refractivity contribution in [3.63, 3.8) is 0 Å². The molecule has 1 aliphatic heterocycles. The number of carbonyl (C=O) groups is 1. The van der Waals surface area contributed by atoms with Gasteiger partial charge in [-0.1, -0.05) is 13.8 Å². The molecule has 0 aromatic carbocycles. The number of nitrogens with zero attached hydrogens (tertiary/aromatic N) is 3. The number of carbonyl (C=O) groups excluding carboxylic acids is 1. The van der Waals surface area contributed by atoms with Crippen molar-refractivity contribution in [1.82, 2.24) is 20.4 Å². The number of aliphatic hydroxyl groups is 1. The topological polar surface area (TPSA) is 89.4 Å². The van der Waals surface area contributed by atoms with Crippen molar-refractivity contribution in [2.24, 2.45) is 16.8 Å². The number of aliphatic imine (C=N–C) groups is 1. The summed E-state index contributed by atoms with van der Waals surface area (Å²) in [5.41, 5.74) is 0. The highest BCUT2D eigenvalue weighted by Crippen LogP contribution is 2.16. The maximum absolute atomic E-state index is 12.0. The van der Waals surface area contributed by atoms with E-state index >= 15 is 0 Å². The molecule has 1 atom stereocenters. The van der Waals surface area contributed by atoms with E-state index in [1.54, 1.807) is 7.11 Å². The molecule has 8 nitrogen and oxygen atoms in total. The van der Waals surface area contributed by atoms with E-state index in [4.69, 9.17) is 9.73 Å². The summed E-state index contributed by atoms with van der Waals surface area (Å²) in [6.45, 7) is 13.2. The van der Waals surface area contributed by atoms with Crippen LogP contribution < -0.4 is 10.6 Å². The lowest BCUT2D eigenvalue weighted by Crippen LogP contribution is -2.54. The summed E-state index contributed by atoms with van der Waals surface area (Å²) in [6.07, 6.45) is 1.88. The summed E-state index contributed by atoms with van der Waals surface area (Å²) >= 11 is 0. The number of amides is 1. The van der Waals surface area contributed by atoms with Crippen LogP contribution in [0.4, 0.5) is 0 Å². The lowest BCUT2D eigenvalue weighted by molar-refractivity contribution is -0.122. The van der Waals surface area contributed by atoms with Gasteiger partial charge in [0, 0.05) is 59.5 Å². The Bertz CT molecular complexity index is 457. The number of guanidine groups is 1. The average Bonchev–Trinajstić information content (AvgIpc) is 2.65. The van der Waals surface area contributed by atoms with E-state index in [0.29, 0.717) is 31.5 Å². The van der Waals surface area contributed by atoms with E-state index < -0.39 is 0 Å². The van der Waals surface area contributed by atoms with Crippen LogP contribution in [-0.2, 0) is 9.53 Å². The number of aliphatic hydroxyl groups excluding tert-OH is 1. The lowest BCUT2D eigenvalue weighted by atomic mass is 9.94. The maximum Gasteiger partial charge on any atom is 0.234 e. The number of methoxy groups -OCH3 is 1.